The van der Waals surface area contributed by atoms with Gasteiger partial charge in [0.25, 0.3) is 11.8 Å². The monoisotopic (exact) mass is 343 g/mol. The lowest BCUT2D eigenvalue weighted by atomic mass is 10.0. The van der Waals surface area contributed by atoms with Crippen molar-refractivity contribution in [2.24, 2.45) is 0 Å². The molecule has 1 aromatic carbocycles. The normalized spacial score (nSPS) is 29.3. The second-order valence-electron chi connectivity index (χ2n) is 7.33. The zero-order valence-electron chi connectivity index (χ0n) is 14.8. The Morgan fingerprint density at radius 2 is 1.96 bits per heavy atom. The highest BCUT2D eigenvalue weighted by Gasteiger charge is 2.40. The van der Waals surface area contributed by atoms with Crippen molar-refractivity contribution in [1.29, 1.82) is 0 Å². The zero-order valence-corrected chi connectivity index (χ0v) is 14.8. The number of amides is 2. The Morgan fingerprint density at radius 3 is 2.72 bits per heavy atom. The van der Waals surface area contributed by atoms with Crippen LogP contribution in [0, 0.1) is 0 Å². The van der Waals surface area contributed by atoms with Crippen molar-refractivity contribution in [3.8, 4) is 5.75 Å². The van der Waals surface area contributed by atoms with E-state index < -0.39 is 6.10 Å². The second kappa shape index (κ2) is 6.33. The highest BCUT2D eigenvalue weighted by atomic mass is 16.5. The molecular weight excluding hydrogens is 318 g/mol. The summed E-state index contributed by atoms with van der Waals surface area (Å²) in [5.74, 6) is 0.344. The molecule has 2 amide bonds. The fourth-order valence-electron chi connectivity index (χ4n) is 4.42. The van der Waals surface area contributed by atoms with Gasteiger partial charge in [0.05, 0.1) is 11.3 Å². The van der Waals surface area contributed by atoms with Crippen LogP contribution in [-0.4, -0.2) is 59.9 Å². The van der Waals surface area contributed by atoms with Crippen LogP contribution in [0.25, 0.3) is 0 Å². The molecule has 0 aliphatic carbocycles. The van der Waals surface area contributed by atoms with Gasteiger partial charge >= 0.3 is 0 Å². The third-order valence-corrected chi connectivity index (χ3v) is 5.75. The fourth-order valence-corrected chi connectivity index (χ4v) is 4.42. The first-order chi connectivity index (χ1) is 12.1. The minimum absolute atomic E-state index is 0.0167. The Bertz CT molecular complexity index is 705. The molecule has 6 heteroatoms. The van der Waals surface area contributed by atoms with E-state index in [4.69, 9.17) is 4.74 Å². The molecule has 3 heterocycles. The van der Waals surface area contributed by atoms with Crippen LogP contribution in [0.2, 0.25) is 0 Å². The minimum atomic E-state index is -0.586. The molecule has 3 atom stereocenters. The summed E-state index contributed by atoms with van der Waals surface area (Å²) < 4.78 is 5.77. The van der Waals surface area contributed by atoms with E-state index in [0.29, 0.717) is 23.0 Å². The summed E-state index contributed by atoms with van der Waals surface area (Å²) in [5.41, 5.74) is 1.14. The molecule has 1 N–H and O–H groups in total. The number of nitrogens with one attached hydrogen (secondary N) is 1. The first-order valence-electron chi connectivity index (χ1n) is 9.18. The van der Waals surface area contributed by atoms with Gasteiger partial charge in [0.1, 0.15) is 0 Å². The number of anilines is 1. The van der Waals surface area contributed by atoms with Crippen molar-refractivity contribution in [3.05, 3.63) is 23.8 Å². The lowest BCUT2D eigenvalue weighted by Crippen LogP contribution is -2.47. The smallest absolute Gasteiger partial charge is 0.265 e. The average Bonchev–Trinajstić information content (AvgIpc) is 3.23. The van der Waals surface area contributed by atoms with Crippen molar-refractivity contribution >= 4 is 17.5 Å². The van der Waals surface area contributed by atoms with E-state index in [2.05, 4.69) is 17.3 Å². The molecule has 6 nitrogen and oxygen atoms in total. The Hall–Kier alpha value is -2.08. The highest BCUT2D eigenvalue weighted by Crippen LogP contribution is 2.36. The van der Waals surface area contributed by atoms with E-state index in [9.17, 15) is 9.59 Å². The van der Waals surface area contributed by atoms with Gasteiger partial charge < -0.3 is 19.9 Å². The van der Waals surface area contributed by atoms with Crippen molar-refractivity contribution in [1.82, 2.24) is 9.80 Å². The second-order valence-corrected chi connectivity index (χ2v) is 7.33. The summed E-state index contributed by atoms with van der Waals surface area (Å²) in [6, 6.07) is 6.11. The van der Waals surface area contributed by atoms with Crippen molar-refractivity contribution < 1.29 is 14.3 Å². The van der Waals surface area contributed by atoms with Gasteiger partial charge in [0.15, 0.2) is 11.9 Å². The first-order valence-corrected chi connectivity index (χ1v) is 9.18. The van der Waals surface area contributed by atoms with Gasteiger partial charge in [-0.3, -0.25) is 9.59 Å². The van der Waals surface area contributed by atoms with Crippen molar-refractivity contribution in [2.45, 2.75) is 50.8 Å². The topological polar surface area (TPSA) is 61.9 Å². The number of para-hydroxylation sites is 1. The van der Waals surface area contributed by atoms with Gasteiger partial charge in [0.2, 0.25) is 0 Å². The number of benzene rings is 1. The predicted molar refractivity (Wildman–Crippen MR) is 94.9 cm³/mol. The summed E-state index contributed by atoms with van der Waals surface area (Å²) in [6.45, 7) is 3.60. The van der Waals surface area contributed by atoms with Crippen molar-refractivity contribution in [2.75, 3.05) is 25.5 Å². The van der Waals surface area contributed by atoms with Gasteiger partial charge in [-0.15, -0.1) is 0 Å². The molecule has 0 saturated carbocycles. The largest absolute Gasteiger partial charge is 0.478 e. The molecule has 2 fully saturated rings. The molecule has 3 aliphatic rings. The molecule has 134 valence electrons. The molecule has 25 heavy (non-hydrogen) atoms. The number of ether oxygens (including phenoxy) is 1. The van der Waals surface area contributed by atoms with E-state index in [-0.39, 0.29) is 17.9 Å². The van der Waals surface area contributed by atoms with Gasteiger partial charge in [-0.2, -0.15) is 0 Å². The first kappa shape index (κ1) is 16.4. The molecule has 2 saturated heterocycles. The molecule has 1 aromatic rings. The maximum atomic E-state index is 13.3. The lowest BCUT2D eigenvalue weighted by molar-refractivity contribution is -0.122. The Morgan fingerprint density at radius 1 is 1.20 bits per heavy atom. The summed E-state index contributed by atoms with van der Waals surface area (Å²) >= 11 is 0. The van der Waals surface area contributed by atoms with Crippen LogP contribution in [0.5, 0.6) is 5.75 Å². The minimum Gasteiger partial charge on any atom is -0.478 e. The van der Waals surface area contributed by atoms with E-state index in [1.165, 1.54) is 6.42 Å². The van der Waals surface area contributed by atoms with E-state index in [1.807, 2.05) is 4.90 Å². The van der Waals surface area contributed by atoms with E-state index >= 15 is 0 Å². The number of carbonyl (C=O) groups excluding carboxylic acids is 2. The third kappa shape index (κ3) is 2.78. The van der Waals surface area contributed by atoms with Gasteiger partial charge in [-0.1, -0.05) is 6.07 Å². The molecule has 0 aromatic heterocycles. The molecule has 3 aliphatic heterocycles. The van der Waals surface area contributed by atoms with Crippen LogP contribution in [0.3, 0.4) is 0 Å². The number of fused-ring (bicyclic) bond motifs is 1. The number of likely N-dealkylation sites (tertiary alicyclic amines) is 2. The number of rotatable bonds is 2. The number of carbonyl (C=O) groups is 2. The number of hydrogen-bond donors (Lipinski definition) is 1. The Kier molecular flexibility index (Phi) is 4.15. The molecule has 0 bridgehead atoms. The van der Waals surface area contributed by atoms with Gasteiger partial charge in [-0.25, -0.2) is 0 Å². The summed E-state index contributed by atoms with van der Waals surface area (Å²) in [7, 11) is 2.16. The third-order valence-electron chi connectivity index (χ3n) is 5.75. The summed E-state index contributed by atoms with van der Waals surface area (Å²) in [4.78, 5) is 29.5. The molecule has 0 radical (unpaired) electrons. The van der Waals surface area contributed by atoms with Crippen LogP contribution < -0.4 is 10.1 Å². The van der Waals surface area contributed by atoms with Crippen molar-refractivity contribution in [3.63, 3.8) is 0 Å². The number of hydrogen-bond acceptors (Lipinski definition) is 4. The SMILES string of the molecule is C[C@@H]1Oc2c(cccc2C(=O)N2CCC[C@@H]2[C@@H]2CCCN2C)NC1=O. The fraction of sp³-hybridized carbons (Fsp3) is 0.579. The zero-order chi connectivity index (χ0) is 17.6. The molecule has 0 spiro atoms. The van der Waals surface area contributed by atoms with Crippen LogP contribution in [-0.2, 0) is 4.79 Å². The molecule has 0 unspecified atom stereocenters. The van der Waals surface area contributed by atoms with E-state index in [1.54, 1.807) is 25.1 Å². The highest BCUT2D eigenvalue weighted by molar-refractivity contribution is 6.04. The maximum absolute atomic E-state index is 13.3. The Labute approximate surface area is 148 Å². The maximum Gasteiger partial charge on any atom is 0.265 e. The van der Waals surface area contributed by atoms with Crippen LogP contribution in [0.1, 0.15) is 43.0 Å². The molecular formula is C19H25N3O3. The summed E-state index contributed by atoms with van der Waals surface area (Å²) in [6.07, 6.45) is 3.87. The standard InChI is InChI=1S/C19H25N3O3/c1-12-18(23)20-14-7-3-6-13(17(14)25-12)19(24)22-11-5-9-16(22)15-8-4-10-21(15)2/h3,6-7,12,15-16H,4-5,8-11H2,1-2H3,(H,20,23)/t12-,15-,16+/m0/s1. The predicted octanol–water partition coefficient (Wildman–Crippen LogP) is 2.10. The quantitative estimate of drug-likeness (QED) is 0.893. The number of nitrogens with zero attached hydrogens (tertiary/aromatic N) is 2. The summed E-state index contributed by atoms with van der Waals surface area (Å²) in [5, 5.41) is 2.83. The lowest BCUT2D eigenvalue weighted by Gasteiger charge is -2.34. The Balaban J connectivity index is 1.63. The van der Waals surface area contributed by atoms with Gasteiger partial charge in [-0.05, 0) is 58.3 Å². The molecule has 4 rings (SSSR count). The van der Waals surface area contributed by atoms with Gasteiger partial charge in [0, 0.05) is 18.6 Å². The number of likely N-dealkylation sites (N-methyl/N-ethyl adjacent to an activating group) is 1. The average molecular weight is 343 g/mol. The van der Waals surface area contributed by atoms with Crippen LogP contribution in [0.4, 0.5) is 5.69 Å². The van der Waals surface area contributed by atoms with Crippen LogP contribution >= 0.6 is 0 Å². The van der Waals surface area contributed by atoms with E-state index in [0.717, 1.165) is 32.4 Å². The van der Waals surface area contributed by atoms with Crippen LogP contribution in [0.15, 0.2) is 18.2 Å².